The first-order valence-electron chi connectivity index (χ1n) is 8.89. The van der Waals surface area contributed by atoms with Gasteiger partial charge >= 0.3 is 5.97 Å². The highest BCUT2D eigenvalue weighted by Gasteiger charge is 2.10. The number of carbonyl (C=O) groups is 2. The number of methoxy groups -OCH3 is 2. The first-order chi connectivity index (χ1) is 13.4. The van der Waals surface area contributed by atoms with Crippen molar-refractivity contribution in [1.82, 2.24) is 0 Å². The van der Waals surface area contributed by atoms with E-state index in [2.05, 4.69) is 5.32 Å². The lowest BCUT2D eigenvalue weighted by Gasteiger charge is -2.13. The SMILES string of the molecule is COc1cc(/C=C/C(=O)OCC(=O)Nc2ccccc2C(C)C)cc(OC)c1. The number of esters is 1. The van der Waals surface area contributed by atoms with Gasteiger partial charge in [-0.3, -0.25) is 4.79 Å². The Morgan fingerprint density at radius 2 is 1.68 bits per heavy atom. The van der Waals surface area contributed by atoms with Crippen LogP contribution in [-0.4, -0.2) is 32.7 Å². The molecule has 0 radical (unpaired) electrons. The standard InChI is InChI=1S/C22H25NO5/c1-15(2)19-7-5-6-8-20(19)23-21(24)14-28-22(25)10-9-16-11-17(26-3)13-18(12-16)27-4/h5-13,15H,14H2,1-4H3,(H,23,24)/b10-9+. The predicted octanol–water partition coefficient (Wildman–Crippen LogP) is 4.02. The third-order valence-corrected chi connectivity index (χ3v) is 3.99. The summed E-state index contributed by atoms with van der Waals surface area (Å²) < 4.78 is 15.4. The van der Waals surface area contributed by atoms with E-state index in [1.165, 1.54) is 6.08 Å². The summed E-state index contributed by atoms with van der Waals surface area (Å²) in [4.78, 5) is 24.0. The van der Waals surface area contributed by atoms with E-state index in [-0.39, 0.29) is 12.5 Å². The lowest BCUT2D eigenvalue weighted by atomic mass is 10.0. The van der Waals surface area contributed by atoms with Crippen LogP contribution in [0.4, 0.5) is 5.69 Å². The van der Waals surface area contributed by atoms with E-state index in [1.54, 1.807) is 38.5 Å². The molecule has 0 aliphatic carbocycles. The zero-order chi connectivity index (χ0) is 20.5. The van der Waals surface area contributed by atoms with E-state index in [0.717, 1.165) is 11.3 Å². The molecule has 6 heteroatoms. The number of para-hydroxylation sites is 1. The lowest BCUT2D eigenvalue weighted by Crippen LogP contribution is -2.21. The first-order valence-corrected chi connectivity index (χ1v) is 8.89. The molecule has 0 fully saturated rings. The molecule has 2 rings (SSSR count). The molecule has 0 saturated heterocycles. The molecule has 0 saturated carbocycles. The fourth-order valence-corrected chi connectivity index (χ4v) is 2.58. The maximum absolute atomic E-state index is 12.1. The quantitative estimate of drug-likeness (QED) is 0.550. The molecule has 0 aliphatic heterocycles. The molecule has 0 spiro atoms. The summed E-state index contributed by atoms with van der Waals surface area (Å²) in [6.45, 7) is 3.73. The van der Waals surface area contributed by atoms with Crippen LogP contribution in [0.3, 0.4) is 0 Å². The minimum atomic E-state index is -0.617. The van der Waals surface area contributed by atoms with Crippen LogP contribution in [0.25, 0.3) is 6.08 Å². The molecule has 0 aliphatic rings. The fraction of sp³-hybridized carbons (Fsp3) is 0.273. The summed E-state index contributed by atoms with van der Waals surface area (Å²) in [5, 5.41) is 2.78. The Labute approximate surface area is 165 Å². The third-order valence-electron chi connectivity index (χ3n) is 3.99. The highest BCUT2D eigenvalue weighted by Crippen LogP contribution is 2.24. The van der Waals surface area contributed by atoms with E-state index < -0.39 is 11.9 Å². The topological polar surface area (TPSA) is 73.9 Å². The van der Waals surface area contributed by atoms with Crippen LogP contribution in [0.15, 0.2) is 48.5 Å². The molecular formula is C22H25NO5. The van der Waals surface area contributed by atoms with Gasteiger partial charge < -0.3 is 19.5 Å². The normalized spacial score (nSPS) is 10.8. The van der Waals surface area contributed by atoms with Crippen molar-refractivity contribution in [3.63, 3.8) is 0 Å². The van der Waals surface area contributed by atoms with Crippen LogP contribution in [-0.2, 0) is 14.3 Å². The van der Waals surface area contributed by atoms with Crippen molar-refractivity contribution in [2.24, 2.45) is 0 Å². The minimum absolute atomic E-state index is 0.266. The van der Waals surface area contributed by atoms with Gasteiger partial charge in [0.25, 0.3) is 5.91 Å². The predicted molar refractivity (Wildman–Crippen MR) is 109 cm³/mol. The van der Waals surface area contributed by atoms with Crippen LogP contribution in [0.2, 0.25) is 0 Å². The molecule has 0 atom stereocenters. The second-order valence-electron chi connectivity index (χ2n) is 6.38. The molecule has 0 heterocycles. The van der Waals surface area contributed by atoms with Crippen molar-refractivity contribution in [2.45, 2.75) is 19.8 Å². The molecule has 2 aromatic rings. The number of benzene rings is 2. The largest absolute Gasteiger partial charge is 0.497 e. The lowest BCUT2D eigenvalue weighted by molar-refractivity contribution is -0.142. The van der Waals surface area contributed by atoms with Crippen LogP contribution in [0.5, 0.6) is 11.5 Å². The number of ether oxygens (including phenoxy) is 3. The number of amides is 1. The molecule has 6 nitrogen and oxygen atoms in total. The highest BCUT2D eigenvalue weighted by atomic mass is 16.5. The maximum Gasteiger partial charge on any atom is 0.331 e. The molecular weight excluding hydrogens is 358 g/mol. The van der Waals surface area contributed by atoms with E-state index in [0.29, 0.717) is 17.1 Å². The second-order valence-corrected chi connectivity index (χ2v) is 6.38. The van der Waals surface area contributed by atoms with Crippen molar-refractivity contribution >= 4 is 23.6 Å². The van der Waals surface area contributed by atoms with E-state index in [9.17, 15) is 9.59 Å². The van der Waals surface area contributed by atoms with Gasteiger partial charge in [0.15, 0.2) is 6.61 Å². The van der Waals surface area contributed by atoms with Gasteiger partial charge in [0.1, 0.15) is 11.5 Å². The summed E-state index contributed by atoms with van der Waals surface area (Å²) >= 11 is 0. The van der Waals surface area contributed by atoms with E-state index in [4.69, 9.17) is 14.2 Å². The minimum Gasteiger partial charge on any atom is -0.497 e. The van der Waals surface area contributed by atoms with Crippen molar-refractivity contribution in [3.05, 3.63) is 59.7 Å². The van der Waals surface area contributed by atoms with Gasteiger partial charge in [-0.25, -0.2) is 4.79 Å². The van der Waals surface area contributed by atoms with Gasteiger partial charge in [-0.2, -0.15) is 0 Å². The Morgan fingerprint density at radius 1 is 1.04 bits per heavy atom. The van der Waals surface area contributed by atoms with Gasteiger partial charge in [-0.15, -0.1) is 0 Å². The number of hydrogen-bond donors (Lipinski definition) is 1. The summed E-state index contributed by atoms with van der Waals surface area (Å²) in [7, 11) is 3.10. The van der Waals surface area contributed by atoms with Crippen LogP contribution >= 0.6 is 0 Å². The Morgan fingerprint density at radius 3 is 2.29 bits per heavy atom. The molecule has 0 bridgehead atoms. The number of anilines is 1. The molecule has 0 aromatic heterocycles. The molecule has 1 amide bonds. The Hall–Kier alpha value is -3.28. The van der Waals surface area contributed by atoms with Gasteiger partial charge in [0.05, 0.1) is 14.2 Å². The zero-order valence-electron chi connectivity index (χ0n) is 16.5. The summed E-state index contributed by atoms with van der Waals surface area (Å²) in [5.41, 5.74) is 2.45. The number of rotatable bonds is 8. The average molecular weight is 383 g/mol. The molecule has 148 valence electrons. The molecule has 2 aromatic carbocycles. The van der Waals surface area contributed by atoms with Crippen LogP contribution in [0.1, 0.15) is 30.9 Å². The van der Waals surface area contributed by atoms with Crippen molar-refractivity contribution in [1.29, 1.82) is 0 Å². The number of hydrogen-bond acceptors (Lipinski definition) is 5. The Kier molecular flexibility index (Phi) is 7.63. The van der Waals surface area contributed by atoms with Gasteiger partial charge in [-0.05, 0) is 41.3 Å². The smallest absolute Gasteiger partial charge is 0.331 e. The summed E-state index contributed by atoms with van der Waals surface area (Å²) in [5.74, 6) is 0.472. The Balaban J connectivity index is 1.92. The molecule has 1 N–H and O–H groups in total. The van der Waals surface area contributed by atoms with Gasteiger partial charge in [0, 0.05) is 17.8 Å². The molecule has 28 heavy (non-hydrogen) atoms. The van der Waals surface area contributed by atoms with Gasteiger partial charge in [-0.1, -0.05) is 32.0 Å². The summed E-state index contributed by atoms with van der Waals surface area (Å²) in [6.07, 6.45) is 2.82. The Bertz CT molecular complexity index is 836. The van der Waals surface area contributed by atoms with Crippen LogP contribution < -0.4 is 14.8 Å². The van der Waals surface area contributed by atoms with Gasteiger partial charge in [0.2, 0.25) is 0 Å². The molecule has 0 unspecified atom stereocenters. The van der Waals surface area contributed by atoms with Crippen molar-refractivity contribution in [3.8, 4) is 11.5 Å². The highest BCUT2D eigenvalue weighted by molar-refractivity contribution is 5.95. The third kappa shape index (κ3) is 6.16. The van der Waals surface area contributed by atoms with Crippen LogP contribution in [0, 0.1) is 0 Å². The van der Waals surface area contributed by atoms with E-state index in [1.807, 2.05) is 38.1 Å². The fourth-order valence-electron chi connectivity index (χ4n) is 2.58. The maximum atomic E-state index is 12.1. The number of nitrogens with one attached hydrogen (secondary N) is 1. The van der Waals surface area contributed by atoms with Crippen molar-refractivity contribution in [2.75, 3.05) is 26.1 Å². The first kappa shape index (κ1) is 21.0. The second kappa shape index (κ2) is 10.2. The number of carbonyl (C=O) groups excluding carboxylic acids is 2. The zero-order valence-corrected chi connectivity index (χ0v) is 16.5. The summed E-state index contributed by atoms with van der Waals surface area (Å²) in [6, 6.07) is 12.8. The van der Waals surface area contributed by atoms with E-state index >= 15 is 0 Å². The monoisotopic (exact) mass is 383 g/mol. The van der Waals surface area contributed by atoms with Crippen molar-refractivity contribution < 1.29 is 23.8 Å². The average Bonchev–Trinajstić information content (AvgIpc) is 2.70.